The van der Waals surface area contributed by atoms with E-state index in [0.717, 1.165) is 3.57 Å². The SMILES string of the molecule is CC(OC(=O)c1ccc(I)cc1)C(=O)Nc1ccc2c(c1)OCCO2. The van der Waals surface area contributed by atoms with Crippen molar-refractivity contribution in [3.05, 3.63) is 51.6 Å². The summed E-state index contributed by atoms with van der Waals surface area (Å²) in [6.45, 7) is 2.50. The Morgan fingerprint density at radius 3 is 2.48 bits per heavy atom. The third-order valence-corrected chi connectivity index (χ3v) is 4.26. The summed E-state index contributed by atoms with van der Waals surface area (Å²) in [7, 11) is 0. The van der Waals surface area contributed by atoms with E-state index >= 15 is 0 Å². The number of hydrogen-bond donors (Lipinski definition) is 1. The van der Waals surface area contributed by atoms with Crippen LogP contribution in [0.5, 0.6) is 11.5 Å². The number of carbonyl (C=O) groups excluding carboxylic acids is 2. The standard InChI is InChI=1S/C18H16INO5/c1-11(25-18(22)12-2-4-13(19)5-3-12)17(21)20-14-6-7-15-16(10-14)24-9-8-23-15/h2-7,10-11H,8-9H2,1H3,(H,20,21). The summed E-state index contributed by atoms with van der Waals surface area (Å²) in [5.41, 5.74) is 0.950. The highest BCUT2D eigenvalue weighted by atomic mass is 127. The van der Waals surface area contributed by atoms with Crippen LogP contribution >= 0.6 is 22.6 Å². The Bertz CT molecular complexity index is 791. The second kappa shape index (κ2) is 7.73. The number of rotatable bonds is 4. The van der Waals surface area contributed by atoms with Gasteiger partial charge < -0.3 is 19.5 Å². The zero-order valence-electron chi connectivity index (χ0n) is 13.5. The molecule has 0 fully saturated rings. The van der Waals surface area contributed by atoms with Gasteiger partial charge in [-0.2, -0.15) is 0 Å². The highest BCUT2D eigenvalue weighted by Gasteiger charge is 2.20. The molecule has 1 amide bonds. The molecular formula is C18H16INO5. The molecule has 0 radical (unpaired) electrons. The number of carbonyl (C=O) groups is 2. The third-order valence-electron chi connectivity index (χ3n) is 3.54. The average Bonchev–Trinajstić information content (AvgIpc) is 2.62. The predicted octanol–water partition coefficient (Wildman–Crippen LogP) is 3.25. The minimum Gasteiger partial charge on any atom is -0.486 e. The van der Waals surface area contributed by atoms with Gasteiger partial charge in [0.15, 0.2) is 17.6 Å². The number of hydrogen-bond acceptors (Lipinski definition) is 5. The van der Waals surface area contributed by atoms with Gasteiger partial charge in [-0.3, -0.25) is 4.79 Å². The van der Waals surface area contributed by atoms with Crippen LogP contribution in [0.3, 0.4) is 0 Å². The van der Waals surface area contributed by atoms with Crippen molar-refractivity contribution in [2.75, 3.05) is 18.5 Å². The van der Waals surface area contributed by atoms with Crippen LogP contribution in [-0.2, 0) is 9.53 Å². The summed E-state index contributed by atoms with van der Waals surface area (Å²) in [6, 6.07) is 12.0. The number of anilines is 1. The Labute approximate surface area is 158 Å². The smallest absolute Gasteiger partial charge is 0.338 e. The first-order valence-electron chi connectivity index (χ1n) is 7.70. The van der Waals surface area contributed by atoms with Crippen molar-refractivity contribution in [2.24, 2.45) is 0 Å². The minimum atomic E-state index is -0.931. The van der Waals surface area contributed by atoms with Crippen molar-refractivity contribution in [3.63, 3.8) is 0 Å². The second-order valence-corrected chi connectivity index (χ2v) is 6.65. The lowest BCUT2D eigenvalue weighted by atomic mass is 10.2. The van der Waals surface area contributed by atoms with E-state index in [1.54, 1.807) is 42.5 Å². The first-order valence-corrected chi connectivity index (χ1v) is 8.78. The molecule has 0 bridgehead atoms. The summed E-state index contributed by atoms with van der Waals surface area (Å²) >= 11 is 2.15. The maximum atomic E-state index is 12.2. The number of nitrogens with one attached hydrogen (secondary N) is 1. The van der Waals surface area contributed by atoms with Gasteiger partial charge in [-0.15, -0.1) is 0 Å². The molecule has 7 heteroatoms. The number of fused-ring (bicyclic) bond motifs is 1. The van der Waals surface area contributed by atoms with Crippen LogP contribution in [0.15, 0.2) is 42.5 Å². The number of ether oxygens (including phenoxy) is 3. The summed E-state index contributed by atoms with van der Waals surface area (Å²) in [6.07, 6.45) is -0.931. The highest BCUT2D eigenvalue weighted by molar-refractivity contribution is 14.1. The highest BCUT2D eigenvalue weighted by Crippen LogP contribution is 2.32. The van der Waals surface area contributed by atoms with Gasteiger partial charge >= 0.3 is 5.97 Å². The lowest BCUT2D eigenvalue weighted by Crippen LogP contribution is -2.30. The molecule has 6 nitrogen and oxygen atoms in total. The topological polar surface area (TPSA) is 73.9 Å². The molecule has 0 aromatic heterocycles. The molecule has 0 saturated heterocycles. The summed E-state index contributed by atoms with van der Waals surface area (Å²) < 4.78 is 17.1. The third kappa shape index (κ3) is 4.41. The molecule has 25 heavy (non-hydrogen) atoms. The fraction of sp³-hybridized carbons (Fsp3) is 0.222. The molecule has 1 aliphatic rings. The number of halogens is 1. The van der Waals surface area contributed by atoms with Gasteiger partial charge in [0.25, 0.3) is 5.91 Å². The predicted molar refractivity (Wildman–Crippen MR) is 100 cm³/mol. The molecule has 1 aliphatic heterocycles. The molecule has 3 rings (SSSR count). The maximum Gasteiger partial charge on any atom is 0.338 e. The fourth-order valence-corrected chi connectivity index (χ4v) is 2.59. The van der Waals surface area contributed by atoms with Crippen LogP contribution < -0.4 is 14.8 Å². The van der Waals surface area contributed by atoms with Crippen molar-refractivity contribution in [2.45, 2.75) is 13.0 Å². The first-order chi connectivity index (χ1) is 12.0. The maximum absolute atomic E-state index is 12.2. The summed E-state index contributed by atoms with van der Waals surface area (Å²) in [4.78, 5) is 24.3. The van der Waals surface area contributed by atoms with Crippen molar-refractivity contribution >= 4 is 40.2 Å². The molecule has 0 spiro atoms. The van der Waals surface area contributed by atoms with Crippen LogP contribution in [0, 0.1) is 3.57 Å². The van der Waals surface area contributed by atoms with Gasteiger partial charge in [0.05, 0.1) is 5.56 Å². The molecule has 1 atom stereocenters. The van der Waals surface area contributed by atoms with E-state index in [1.165, 1.54) is 6.92 Å². The van der Waals surface area contributed by atoms with Crippen molar-refractivity contribution in [1.82, 2.24) is 0 Å². The molecule has 1 heterocycles. The molecule has 130 valence electrons. The van der Waals surface area contributed by atoms with E-state index in [9.17, 15) is 9.59 Å². The molecule has 0 aliphatic carbocycles. The molecule has 1 unspecified atom stereocenters. The van der Waals surface area contributed by atoms with Gasteiger partial charge in [-0.05, 0) is 65.9 Å². The molecule has 1 N–H and O–H groups in total. The van der Waals surface area contributed by atoms with E-state index in [0.29, 0.717) is 36.0 Å². The zero-order valence-corrected chi connectivity index (χ0v) is 15.6. The van der Waals surface area contributed by atoms with Gasteiger partial charge in [0.2, 0.25) is 0 Å². The fourth-order valence-electron chi connectivity index (χ4n) is 2.23. The Morgan fingerprint density at radius 2 is 1.76 bits per heavy atom. The van der Waals surface area contributed by atoms with Crippen LogP contribution in [0.2, 0.25) is 0 Å². The van der Waals surface area contributed by atoms with Crippen LogP contribution in [0.1, 0.15) is 17.3 Å². The zero-order chi connectivity index (χ0) is 17.8. The van der Waals surface area contributed by atoms with Crippen molar-refractivity contribution in [3.8, 4) is 11.5 Å². The van der Waals surface area contributed by atoms with E-state index < -0.39 is 18.0 Å². The quantitative estimate of drug-likeness (QED) is 0.569. The average molecular weight is 453 g/mol. The molecular weight excluding hydrogens is 437 g/mol. The molecule has 2 aromatic rings. The molecule has 2 aromatic carbocycles. The van der Waals surface area contributed by atoms with Gasteiger partial charge in [0, 0.05) is 15.3 Å². The Hall–Kier alpha value is -2.29. The largest absolute Gasteiger partial charge is 0.486 e. The van der Waals surface area contributed by atoms with Gasteiger partial charge in [0.1, 0.15) is 13.2 Å². The minimum absolute atomic E-state index is 0.402. The van der Waals surface area contributed by atoms with E-state index in [4.69, 9.17) is 14.2 Å². The molecule has 0 saturated carbocycles. The van der Waals surface area contributed by atoms with Crippen molar-refractivity contribution < 1.29 is 23.8 Å². The number of esters is 1. The number of amides is 1. The van der Waals surface area contributed by atoms with Gasteiger partial charge in [-0.1, -0.05) is 0 Å². The Morgan fingerprint density at radius 1 is 1.08 bits per heavy atom. The summed E-state index contributed by atoms with van der Waals surface area (Å²) in [5.74, 6) is 0.256. The lowest BCUT2D eigenvalue weighted by Gasteiger charge is -2.19. The number of benzene rings is 2. The Kier molecular flexibility index (Phi) is 5.42. The second-order valence-electron chi connectivity index (χ2n) is 5.40. The van der Waals surface area contributed by atoms with Crippen LogP contribution in [-0.4, -0.2) is 31.2 Å². The van der Waals surface area contributed by atoms with Crippen molar-refractivity contribution in [1.29, 1.82) is 0 Å². The Balaban J connectivity index is 1.60. The van der Waals surface area contributed by atoms with Gasteiger partial charge in [-0.25, -0.2) is 4.79 Å². The normalized spacial score (nSPS) is 13.7. The van der Waals surface area contributed by atoms with Crippen LogP contribution in [0.4, 0.5) is 5.69 Å². The summed E-state index contributed by atoms with van der Waals surface area (Å²) in [5, 5.41) is 2.70. The van der Waals surface area contributed by atoms with Crippen LogP contribution in [0.25, 0.3) is 0 Å². The van der Waals surface area contributed by atoms with E-state index in [2.05, 4.69) is 27.9 Å². The van der Waals surface area contributed by atoms with E-state index in [-0.39, 0.29) is 0 Å². The van der Waals surface area contributed by atoms with E-state index in [1.807, 2.05) is 0 Å². The lowest BCUT2D eigenvalue weighted by molar-refractivity contribution is -0.123. The first kappa shape index (κ1) is 17.5. The monoisotopic (exact) mass is 453 g/mol.